The predicted octanol–water partition coefficient (Wildman–Crippen LogP) is 0.735. The van der Waals surface area contributed by atoms with Crippen molar-refractivity contribution in [1.29, 1.82) is 0 Å². The molecule has 2 saturated heterocycles. The topological polar surface area (TPSA) is 292 Å². The Morgan fingerprint density at radius 1 is 0.818 bits per heavy atom. The number of para-hydroxylation sites is 1. The molecule has 1 aliphatic carbocycles. The average molecular weight is 932 g/mol. The van der Waals surface area contributed by atoms with Gasteiger partial charge in [0, 0.05) is 43.2 Å². The van der Waals surface area contributed by atoms with Gasteiger partial charge in [-0.2, -0.15) is 0 Å². The van der Waals surface area contributed by atoms with Gasteiger partial charge in [-0.05, 0) is 74.5 Å². The monoisotopic (exact) mass is 931 g/mol. The molecule has 0 bridgehead atoms. The maximum absolute atomic E-state index is 14.6. The van der Waals surface area contributed by atoms with Crippen LogP contribution in [0, 0.1) is 5.92 Å². The smallest absolute Gasteiger partial charge is 0.245 e. The lowest BCUT2D eigenvalue weighted by atomic mass is 9.84. The van der Waals surface area contributed by atoms with Gasteiger partial charge in [0.1, 0.15) is 36.3 Å². The summed E-state index contributed by atoms with van der Waals surface area (Å²) in [4.78, 5) is 94.7. The molecule has 66 heavy (non-hydrogen) atoms. The Hall–Kier alpha value is -6.02. The average Bonchev–Trinajstić information content (AvgIpc) is 3.95. The maximum atomic E-state index is 14.6. The number of carbonyl (C=O) groups is 6. The minimum absolute atomic E-state index is 0.00512. The fraction of sp³-hybridized carbons (Fsp3) is 0.543. The quantitative estimate of drug-likeness (QED) is 0.0621. The van der Waals surface area contributed by atoms with E-state index >= 15 is 0 Å². The van der Waals surface area contributed by atoms with Crippen LogP contribution in [-0.2, 0) is 51.6 Å². The SMILES string of the molecule is CS(=O)(=O)N[C@@H](Cc1ccccc1)C(=O)NC1CCCNC(=O)C(CCCN=C(N)N)NC(=O)C(Cc2c[nH]c3ccccc23)NC(=O)[C@@H](CC2CCCCC2)NC(=O)C2CCCN2C1=O. The maximum Gasteiger partial charge on any atom is 0.245 e. The first-order valence-electron chi connectivity index (χ1n) is 23.1. The lowest BCUT2D eigenvalue weighted by molar-refractivity contribution is -0.142. The van der Waals surface area contributed by atoms with Gasteiger partial charge in [0.05, 0.1) is 6.26 Å². The summed E-state index contributed by atoms with van der Waals surface area (Å²) in [6.07, 6.45) is 9.26. The van der Waals surface area contributed by atoms with Crippen LogP contribution in [0.25, 0.3) is 10.9 Å². The second-order valence-corrected chi connectivity index (χ2v) is 19.5. The lowest BCUT2D eigenvalue weighted by Gasteiger charge is -2.32. The van der Waals surface area contributed by atoms with Crippen molar-refractivity contribution in [3.05, 3.63) is 71.9 Å². The minimum Gasteiger partial charge on any atom is -0.370 e. The van der Waals surface area contributed by atoms with E-state index in [4.69, 9.17) is 11.5 Å². The van der Waals surface area contributed by atoms with E-state index in [1.807, 2.05) is 24.3 Å². The molecule has 3 aromatic rings. The number of amides is 6. The molecule has 20 heteroatoms. The van der Waals surface area contributed by atoms with E-state index in [0.29, 0.717) is 31.2 Å². The van der Waals surface area contributed by atoms with E-state index in [1.165, 1.54) is 4.90 Å². The standard InChI is InChI=1S/C46H65N11O8S/c1-66(64,65)56-38(26-30-15-6-3-7-16-30)43(61)53-35-20-11-22-49-40(58)34(19-10-23-50-46(47)48)52-42(60)37(27-31-28-51-33-18-9-8-17-32(31)33)54-41(59)36(25-29-13-4-2-5-14-29)55-44(62)39-21-12-24-57(39)45(35)63/h3,6-9,15-18,28-29,34-39,51,56H,2,4-5,10-14,19-27H2,1H3,(H,49,58)(H,52,60)(H,53,61)(H,54,59)(H,55,62)(H4,47,48,50)/t34?,35?,36-,37?,38+,39?/m1/s1. The van der Waals surface area contributed by atoms with Gasteiger partial charge in [-0.25, -0.2) is 13.1 Å². The van der Waals surface area contributed by atoms with Crippen molar-refractivity contribution in [2.24, 2.45) is 22.4 Å². The lowest BCUT2D eigenvalue weighted by Crippen LogP contribution is -2.60. The molecule has 3 fully saturated rings. The van der Waals surface area contributed by atoms with Crippen LogP contribution in [0.1, 0.15) is 88.2 Å². The molecule has 19 nitrogen and oxygen atoms in total. The molecular weight excluding hydrogens is 867 g/mol. The van der Waals surface area contributed by atoms with Crippen molar-refractivity contribution in [2.45, 2.75) is 126 Å². The van der Waals surface area contributed by atoms with E-state index in [1.54, 1.807) is 36.5 Å². The number of aromatic nitrogens is 1. The first-order chi connectivity index (χ1) is 31.6. The molecule has 2 aliphatic heterocycles. The van der Waals surface area contributed by atoms with Gasteiger partial charge < -0.3 is 47.9 Å². The highest BCUT2D eigenvalue weighted by atomic mass is 32.2. The molecule has 0 spiro atoms. The molecule has 6 rings (SSSR count). The van der Waals surface area contributed by atoms with Gasteiger partial charge in [-0.3, -0.25) is 33.8 Å². The number of fused-ring (bicyclic) bond motifs is 2. The van der Waals surface area contributed by atoms with Gasteiger partial charge in [0.2, 0.25) is 45.5 Å². The Bertz CT molecular complexity index is 2310. The van der Waals surface area contributed by atoms with Crippen molar-refractivity contribution >= 4 is 62.3 Å². The zero-order valence-electron chi connectivity index (χ0n) is 37.6. The highest BCUT2D eigenvalue weighted by molar-refractivity contribution is 7.88. The first-order valence-corrected chi connectivity index (χ1v) is 25.0. The van der Waals surface area contributed by atoms with Crippen LogP contribution >= 0.6 is 0 Å². The van der Waals surface area contributed by atoms with Crippen molar-refractivity contribution in [3.8, 4) is 0 Å². The summed E-state index contributed by atoms with van der Waals surface area (Å²) in [6, 6.07) is 9.62. The van der Waals surface area contributed by atoms with E-state index in [0.717, 1.165) is 54.8 Å². The number of H-pyrrole nitrogens is 1. The van der Waals surface area contributed by atoms with Crippen molar-refractivity contribution < 1.29 is 37.2 Å². The molecule has 3 heterocycles. The third-order valence-corrected chi connectivity index (χ3v) is 13.3. The van der Waals surface area contributed by atoms with Crippen molar-refractivity contribution in [2.75, 3.05) is 25.9 Å². The number of carbonyl (C=O) groups excluding carboxylic acids is 6. The summed E-state index contributed by atoms with van der Waals surface area (Å²) in [5.74, 6) is -3.55. The molecule has 1 saturated carbocycles. The number of hydrogen-bond acceptors (Lipinski definition) is 9. The van der Waals surface area contributed by atoms with E-state index in [-0.39, 0.29) is 63.6 Å². The molecule has 6 amide bonds. The summed E-state index contributed by atoms with van der Waals surface area (Å²) in [5, 5.41) is 15.3. The Morgan fingerprint density at radius 2 is 1.52 bits per heavy atom. The van der Waals surface area contributed by atoms with Crippen LogP contribution in [0.3, 0.4) is 0 Å². The van der Waals surface area contributed by atoms with E-state index in [9.17, 15) is 37.2 Å². The number of aromatic amines is 1. The molecular formula is C46H65N11O8S. The Balaban J connectivity index is 1.32. The number of sulfonamides is 1. The predicted molar refractivity (Wildman–Crippen MR) is 250 cm³/mol. The Labute approximate surface area is 385 Å². The van der Waals surface area contributed by atoms with Crippen LogP contribution in [0.4, 0.5) is 0 Å². The third-order valence-electron chi connectivity index (χ3n) is 12.6. The molecule has 1 aromatic heterocycles. The zero-order chi connectivity index (χ0) is 47.2. The number of nitrogens with zero attached hydrogens (tertiary/aromatic N) is 2. The second-order valence-electron chi connectivity index (χ2n) is 17.8. The number of nitrogens with one attached hydrogen (secondary N) is 7. The van der Waals surface area contributed by atoms with Crippen LogP contribution in [0.15, 0.2) is 65.8 Å². The number of rotatable bonds is 14. The van der Waals surface area contributed by atoms with Crippen molar-refractivity contribution in [1.82, 2.24) is 41.2 Å². The molecule has 358 valence electrons. The molecule has 11 N–H and O–H groups in total. The van der Waals surface area contributed by atoms with Gasteiger partial charge in [0.15, 0.2) is 5.96 Å². The highest BCUT2D eigenvalue weighted by Crippen LogP contribution is 2.28. The largest absolute Gasteiger partial charge is 0.370 e. The first kappa shape index (κ1) is 49.4. The third kappa shape index (κ3) is 14.2. The molecule has 0 radical (unpaired) electrons. The molecule has 4 unspecified atom stereocenters. The van der Waals surface area contributed by atoms with Crippen molar-refractivity contribution in [3.63, 3.8) is 0 Å². The van der Waals surface area contributed by atoms with Gasteiger partial charge in [-0.15, -0.1) is 0 Å². The van der Waals surface area contributed by atoms with Crippen LogP contribution in [0.5, 0.6) is 0 Å². The van der Waals surface area contributed by atoms with E-state index < -0.39 is 81.7 Å². The summed E-state index contributed by atoms with van der Waals surface area (Å²) in [7, 11) is -3.88. The Morgan fingerprint density at radius 3 is 2.26 bits per heavy atom. The number of nitrogens with two attached hydrogens (primary N) is 2. The second kappa shape index (κ2) is 23.4. The number of benzene rings is 2. The summed E-state index contributed by atoms with van der Waals surface area (Å²) in [6.45, 7) is 0.402. The summed E-state index contributed by atoms with van der Waals surface area (Å²) in [5.41, 5.74) is 13.4. The molecule has 6 atom stereocenters. The van der Waals surface area contributed by atoms with Crippen LogP contribution in [0.2, 0.25) is 0 Å². The summed E-state index contributed by atoms with van der Waals surface area (Å²) >= 11 is 0. The molecule has 3 aliphatic rings. The van der Waals surface area contributed by atoms with Crippen LogP contribution in [-0.4, -0.2) is 122 Å². The fourth-order valence-corrected chi connectivity index (χ4v) is 9.98. The van der Waals surface area contributed by atoms with E-state index in [2.05, 4.69) is 41.3 Å². The minimum atomic E-state index is -3.88. The normalized spacial score (nSPS) is 23.6. The van der Waals surface area contributed by atoms with Gasteiger partial charge >= 0.3 is 0 Å². The summed E-state index contributed by atoms with van der Waals surface area (Å²) < 4.78 is 27.3. The molecule has 2 aromatic carbocycles. The number of hydrogen-bond donors (Lipinski definition) is 9. The zero-order valence-corrected chi connectivity index (χ0v) is 38.4. The Kier molecular flexibility index (Phi) is 17.5. The fourth-order valence-electron chi connectivity index (χ4n) is 9.27. The van der Waals surface area contributed by atoms with Gasteiger partial charge in [0.25, 0.3) is 0 Å². The number of aliphatic imine (C=N–C) groups is 1. The number of guanidine groups is 1. The highest BCUT2D eigenvalue weighted by Gasteiger charge is 2.41. The van der Waals surface area contributed by atoms with Gasteiger partial charge in [-0.1, -0.05) is 80.6 Å². The van der Waals surface area contributed by atoms with Crippen LogP contribution < -0.4 is 42.8 Å².